The van der Waals surface area contributed by atoms with Crippen LogP contribution in [0.25, 0.3) is 10.9 Å². The highest BCUT2D eigenvalue weighted by molar-refractivity contribution is 7.89. The third kappa shape index (κ3) is 3.07. The van der Waals surface area contributed by atoms with Crippen LogP contribution < -0.4 is 4.72 Å². The average Bonchev–Trinajstić information content (AvgIpc) is 2.97. The summed E-state index contributed by atoms with van der Waals surface area (Å²) in [6.07, 6.45) is 3.54. The fourth-order valence-electron chi connectivity index (χ4n) is 2.55. The van der Waals surface area contributed by atoms with E-state index in [1.165, 1.54) is 0 Å². The molecular weight excluding hydrogens is 288 g/mol. The molecule has 1 fully saturated rings. The van der Waals surface area contributed by atoms with Gasteiger partial charge in [0.1, 0.15) is 4.90 Å². The lowest BCUT2D eigenvalue weighted by atomic mass is 10.2. The molecule has 0 bridgehead atoms. The van der Waals surface area contributed by atoms with Crippen molar-refractivity contribution >= 4 is 20.9 Å². The number of aromatic nitrogens is 1. The smallest absolute Gasteiger partial charge is 0.242 e. The highest BCUT2D eigenvalue weighted by Gasteiger charge is 2.22. The molecule has 1 saturated heterocycles. The Morgan fingerprint density at radius 3 is 3.05 bits per heavy atom. The van der Waals surface area contributed by atoms with Gasteiger partial charge in [-0.25, -0.2) is 13.1 Å². The molecule has 1 aromatic carbocycles. The topological polar surface area (TPSA) is 68.3 Å². The summed E-state index contributed by atoms with van der Waals surface area (Å²) in [6.45, 7) is 2.95. The van der Waals surface area contributed by atoms with E-state index in [9.17, 15) is 8.42 Å². The average molecular weight is 306 g/mol. The van der Waals surface area contributed by atoms with Gasteiger partial charge in [0.15, 0.2) is 0 Å². The number of rotatable bonds is 4. The van der Waals surface area contributed by atoms with Gasteiger partial charge in [-0.1, -0.05) is 12.1 Å². The second-order valence-corrected chi connectivity index (χ2v) is 7.06. The molecule has 2 heterocycles. The van der Waals surface area contributed by atoms with Crippen molar-refractivity contribution in [3.8, 4) is 0 Å². The number of hydrogen-bond acceptors (Lipinski definition) is 4. The second kappa shape index (κ2) is 5.71. The molecule has 1 aliphatic rings. The normalized spacial score (nSPS) is 19.2. The van der Waals surface area contributed by atoms with Crippen LogP contribution in [0, 0.1) is 6.92 Å². The van der Waals surface area contributed by atoms with Crippen molar-refractivity contribution in [3.63, 3.8) is 0 Å². The quantitative estimate of drug-likeness (QED) is 0.938. The van der Waals surface area contributed by atoms with Crippen molar-refractivity contribution in [2.45, 2.75) is 30.8 Å². The Morgan fingerprint density at radius 1 is 1.43 bits per heavy atom. The van der Waals surface area contributed by atoms with Crippen LogP contribution in [0.5, 0.6) is 0 Å². The number of aryl methyl sites for hydroxylation is 1. The lowest BCUT2D eigenvalue weighted by Gasteiger charge is -2.12. The van der Waals surface area contributed by atoms with Gasteiger partial charge in [-0.05, 0) is 37.5 Å². The van der Waals surface area contributed by atoms with E-state index in [4.69, 9.17) is 4.74 Å². The Bertz CT molecular complexity index is 753. The molecule has 6 heteroatoms. The first-order valence-electron chi connectivity index (χ1n) is 7.03. The van der Waals surface area contributed by atoms with E-state index < -0.39 is 10.0 Å². The Morgan fingerprint density at radius 2 is 2.29 bits per heavy atom. The number of hydrogen-bond donors (Lipinski definition) is 1. The van der Waals surface area contributed by atoms with Crippen LogP contribution in [-0.4, -0.2) is 32.7 Å². The minimum atomic E-state index is -3.58. The summed E-state index contributed by atoms with van der Waals surface area (Å²) < 4.78 is 33.0. The van der Waals surface area contributed by atoms with E-state index in [2.05, 4.69) is 9.71 Å². The van der Waals surface area contributed by atoms with Crippen molar-refractivity contribution in [3.05, 3.63) is 36.0 Å². The summed E-state index contributed by atoms with van der Waals surface area (Å²) in [5, 5.41) is 0.829. The molecule has 0 spiro atoms. The van der Waals surface area contributed by atoms with Gasteiger partial charge in [0.05, 0.1) is 11.6 Å². The van der Waals surface area contributed by atoms with Crippen LogP contribution in [0.4, 0.5) is 0 Å². The number of nitrogens with zero attached hydrogens (tertiary/aromatic N) is 1. The summed E-state index contributed by atoms with van der Waals surface area (Å²) in [5.74, 6) is 0. The van der Waals surface area contributed by atoms with Crippen molar-refractivity contribution in [1.29, 1.82) is 0 Å². The molecule has 112 valence electrons. The van der Waals surface area contributed by atoms with Crippen LogP contribution in [0.2, 0.25) is 0 Å². The molecule has 5 nitrogen and oxygen atoms in total. The van der Waals surface area contributed by atoms with Gasteiger partial charge in [-0.3, -0.25) is 4.98 Å². The Kier molecular flexibility index (Phi) is 3.93. The van der Waals surface area contributed by atoms with Crippen molar-refractivity contribution in [2.75, 3.05) is 13.2 Å². The van der Waals surface area contributed by atoms with Crippen LogP contribution >= 0.6 is 0 Å². The van der Waals surface area contributed by atoms with Crippen LogP contribution in [0.3, 0.4) is 0 Å². The van der Waals surface area contributed by atoms with E-state index in [1.54, 1.807) is 18.3 Å². The first kappa shape index (κ1) is 14.4. The van der Waals surface area contributed by atoms with Gasteiger partial charge in [-0.15, -0.1) is 0 Å². The van der Waals surface area contributed by atoms with Crippen molar-refractivity contribution in [2.24, 2.45) is 0 Å². The number of benzene rings is 1. The lowest BCUT2D eigenvalue weighted by Crippen LogP contribution is -2.32. The minimum Gasteiger partial charge on any atom is -0.377 e. The first-order valence-corrected chi connectivity index (χ1v) is 8.51. The largest absolute Gasteiger partial charge is 0.377 e. The second-order valence-electron chi connectivity index (χ2n) is 5.33. The maximum atomic E-state index is 12.5. The van der Waals surface area contributed by atoms with Gasteiger partial charge < -0.3 is 4.74 Å². The van der Waals surface area contributed by atoms with E-state index in [0.717, 1.165) is 23.8 Å². The molecule has 1 aliphatic heterocycles. The molecule has 2 aromatic rings. The number of para-hydroxylation sites is 1. The maximum Gasteiger partial charge on any atom is 0.242 e. The Balaban J connectivity index is 1.91. The summed E-state index contributed by atoms with van der Waals surface area (Å²) in [7, 11) is -3.58. The Labute approximate surface area is 124 Å². The molecule has 1 atom stereocenters. The summed E-state index contributed by atoms with van der Waals surface area (Å²) in [4.78, 5) is 4.50. The molecule has 1 N–H and O–H groups in total. The predicted molar refractivity (Wildman–Crippen MR) is 80.6 cm³/mol. The third-order valence-electron chi connectivity index (χ3n) is 3.63. The standard InChI is InChI=1S/C15H18N2O3S/c1-11-8-12-4-2-6-14(15(12)16-9-11)21(18,19)17-10-13-5-3-7-20-13/h2,4,6,8-9,13,17H,3,5,7,10H2,1H3. The fourth-order valence-corrected chi connectivity index (χ4v) is 3.79. The summed E-state index contributed by atoms with van der Waals surface area (Å²) in [5.41, 5.74) is 1.51. The summed E-state index contributed by atoms with van der Waals surface area (Å²) >= 11 is 0. The highest BCUT2D eigenvalue weighted by atomic mass is 32.2. The van der Waals surface area contributed by atoms with Crippen molar-refractivity contribution < 1.29 is 13.2 Å². The van der Waals surface area contributed by atoms with E-state index in [0.29, 0.717) is 18.7 Å². The molecule has 0 saturated carbocycles. The molecule has 0 amide bonds. The zero-order chi connectivity index (χ0) is 14.9. The molecule has 1 aromatic heterocycles. The number of nitrogens with one attached hydrogen (secondary N) is 1. The number of fused-ring (bicyclic) bond motifs is 1. The van der Waals surface area contributed by atoms with E-state index >= 15 is 0 Å². The fraction of sp³-hybridized carbons (Fsp3) is 0.400. The van der Waals surface area contributed by atoms with Gasteiger partial charge in [0.2, 0.25) is 10.0 Å². The third-order valence-corrected chi connectivity index (χ3v) is 5.08. The van der Waals surface area contributed by atoms with Crippen molar-refractivity contribution in [1.82, 2.24) is 9.71 Å². The highest BCUT2D eigenvalue weighted by Crippen LogP contribution is 2.22. The number of sulfonamides is 1. The van der Waals surface area contributed by atoms with E-state index in [1.807, 2.05) is 19.1 Å². The molecular formula is C15H18N2O3S. The molecule has 0 aliphatic carbocycles. The monoisotopic (exact) mass is 306 g/mol. The minimum absolute atomic E-state index is 0.0232. The molecule has 21 heavy (non-hydrogen) atoms. The van der Waals surface area contributed by atoms with Gasteiger partial charge in [0.25, 0.3) is 0 Å². The lowest BCUT2D eigenvalue weighted by molar-refractivity contribution is 0.114. The zero-order valence-electron chi connectivity index (χ0n) is 11.9. The molecule has 0 radical (unpaired) electrons. The maximum absolute atomic E-state index is 12.5. The summed E-state index contributed by atoms with van der Waals surface area (Å²) in [6, 6.07) is 7.13. The van der Waals surface area contributed by atoms with Gasteiger partial charge >= 0.3 is 0 Å². The molecule has 3 rings (SSSR count). The first-order chi connectivity index (χ1) is 10.1. The van der Waals surface area contributed by atoms with E-state index in [-0.39, 0.29) is 11.0 Å². The number of pyridine rings is 1. The molecule has 1 unspecified atom stereocenters. The SMILES string of the molecule is Cc1cnc2c(S(=O)(=O)NCC3CCCO3)cccc2c1. The van der Waals surface area contributed by atoms with Gasteiger partial charge in [0, 0.05) is 24.7 Å². The predicted octanol–water partition coefficient (Wildman–Crippen LogP) is 2.00. The van der Waals surface area contributed by atoms with Crippen LogP contribution in [0.1, 0.15) is 18.4 Å². The van der Waals surface area contributed by atoms with Crippen LogP contribution in [0.15, 0.2) is 35.4 Å². The zero-order valence-corrected chi connectivity index (χ0v) is 12.7. The van der Waals surface area contributed by atoms with Crippen LogP contribution in [-0.2, 0) is 14.8 Å². The van der Waals surface area contributed by atoms with Gasteiger partial charge in [-0.2, -0.15) is 0 Å². The Hall–Kier alpha value is -1.50. The number of ether oxygens (including phenoxy) is 1.